The largest absolute Gasteiger partial charge is 0.392 e. The second kappa shape index (κ2) is 3.76. The summed E-state index contributed by atoms with van der Waals surface area (Å²) < 4.78 is 0.737. The van der Waals surface area contributed by atoms with Crippen LogP contribution in [-0.4, -0.2) is 5.11 Å². The minimum Gasteiger partial charge on any atom is -0.392 e. The number of rotatable bonds is 1. The van der Waals surface area contributed by atoms with Gasteiger partial charge in [0.25, 0.3) is 0 Å². The number of aliphatic hydroxyl groups excluding tert-OH is 1. The summed E-state index contributed by atoms with van der Waals surface area (Å²) in [4.78, 5) is 0. The van der Waals surface area contributed by atoms with E-state index >= 15 is 0 Å². The van der Waals surface area contributed by atoms with Crippen LogP contribution in [0.15, 0.2) is 16.6 Å². The smallest absolute Gasteiger partial charge is 0.0737 e. The molecule has 0 atom stereocenters. The van der Waals surface area contributed by atoms with Crippen LogP contribution >= 0.6 is 39.1 Å². The summed E-state index contributed by atoms with van der Waals surface area (Å²) in [5.74, 6) is 0. The predicted octanol–water partition coefficient (Wildman–Crippen LogP) is 3.25. The summed E-state index contributed by atoms with van der Waals surface area (Å²) >= 11 is 14.8. The lowest BCUT2D eigenvalue weighted by Crippen LogP contribution is -1.85. The molecule has 1 N–H and O–H groups in total. The molecular formula is C7H5BrCl2O. The zero-order valence-corrected chi connectivity index (χ0v) is 8.54. The van der Waals surface area contributed by atoms with Gasteiger partial charge in [-0.3, -0.25) is 0 Å². The summed E-state index contributed by atoms with van der Waals surface area (Å²) in [6.45, 7) is -0.0914. The SMILES string of the molecule is OCc1ccc(Br)c(Cl)c1Cl. The maximum Gasteiger partial charge on any atom is 0.0737 e. The number of halogens is 3. The highest BCUT2D eigenvalue weighted by Gasteiger charge is 2.06. The quantitative estimate of drug-likeness (QED) is 0.764. The minimum atomic E-state index is -0.0914. The topological polar surface area (TPSA) is 20.2 Å². The van der Waals surface area contributed by atoms with E-state index in [9.17, 15) is 0 Å². The van der Waals surface area contributed by atoms with Crippen molar-refractivity contribution in [1.82, 2.24) is 0 Å². The van der Waals surface area contributed by atoms with Crippen molar-refractivity contribution in [3.05, 3.63) is 32.2 Å². The lowest BCUT2D eigenvalue weighted by molar-refractivity contribution is 0.282. The Bertz CT molecular complexity index is 275. The van der Waals surface area contributed by atoms with Crippen LogP contribution < -0.4 is 0 Å². The van der Waals surface area contributed by atoms with E-state index in [-0.39, 0.29) is 6.61 Å². The third-order valence-electron chi connectivity index (χ3n) is 1.29. The van der Waals surface area contributed by atoms with Gasteiger partial charge in [0.15, 0.2) is 0 Å². The molecule has 1 aromatic rings. The molecule has 0 aliphatic heterocycles. The minimum absolute atomic E-state index is 0.0914. The molecule has 0 fully saturated rings. The van der Waals surface area contributed by atoms with Gasteiger partial charge in [-0.1, -0.05) is 29.3 Å². The van der Waals surface area contributed by atoms with Gasteiger partial charge in [0, 0.05) is 4.47 Å². The van der Waals surface area contributed by atoms with Gasteiger partial charge in [-0.25, -0.2) is 0 Å². The van der Waals surface area contributed by atoms with E-state index in [4.69, 9.17) is 28.3 Å². The standard InChI is InChI=1S/C7H5BrCl2O/c8-5-2-1-4(3-11)6(9)7(5)10/h1-2,11H,3H2. The Morgan fingerprint density at radius 3 is 2.45 bits per heavy atom. The Morgan fingerprint density at radius 2 is 1.91 bits per heavy atom. The van der Waals surface area contributed by atoms with Gasteiger partial charge in [0.2, 0.25) is 0 Å². The molecule has 0 amide bonds. The molecule has 1 aromatic carbocycles. The van der Waals surface area contributed by atoms with Crippen molar-refractivity contribution in [3.8, 4) is 0 Å². The molecule has 0 aliphatic carbocycles. The molecule has 0 radical (unpaired) electrons. The molecule has 11 heavy (non-hydrogen) atoms. The fourth-order valence-corrected chi connectivity index (χ4v) is 1.54. The van der Waals surface area contributed by atoms with Crippen LogP contribution in [0, 0.1) is 0 Å². The van der Waals surface area contributed by atoms with Gasteiger partial charge < -0.3 is 5.11 Å². The predicted molar refractivity (Wildman–Crippen MR) is 50.1 cm³/mol. The van der Waals surface area contributed by atoms with Gasteiger partial charge in [-0.15, -0.1) is 0 Å². The van der Waals surface area contributed by atoms with Crippen LogP contribution in [0.3, 0.4) is 0 Å². The van der Waals surface area contributed by atoms with E-state index in [1.54, 1.807) is 12.1 Å². The number of hydrogen-bond donors (Lipinski definition) is 1. The molecule has 0 aromatic heterocycles. The lowest BCUT2D eigenvalue weighted by Gasteiger charge is -2.03. The Labute approximate surface area is 83.1 Å². The first kappa shape index (κ1) is 9.33. The monoisotopic (exact) mass is 254 g/mol. The molecule has 4 heteroatoms. The molecule has 0 aliphatic rings. The second-order valence-corrected chi connectivity index (χ2v) is 3.60. The Hall–Kier alpha value is 0.240. The summed E-state index contributed by atoms with van der Waals surface area (Å²) in [7, 11) is 0. The third-order valence-corrected chi connectivity index (χ3v) is 3.10. The molecule has 0 bridgehead atoms. The van der Waals surface area contributed by atoms with Gasteiger partial charge in [0.05, 0.1) is 16.7 Å². The maximum atomic E-state index is 8.78. The average Bonchev–Trinajstić information content (AvgIpc) is 2.01. The molecule has 0 unspecified atom stereocenters. The molecular weight excluding hydrogens is 251 g/mol. The van der Waals surface area contributed by atoms with Crippen LogP contribution in [0.5, 0.6) is 0 Å². The van der Waals surface area contributed by atoms with Crippen molar-refractivity contribution in [1.29, 1.82) is 0 Å². The van der Waals surface area contributed by atoms with Crippen LogP contribution in [0.2, 0.25) is 10.0 Å². The highest BCUT2D eigenvalue weighted by Crippen LogP contribution is 2.32. The van der Waals surface area contributed by atoms with Crippen molar-refractivity contribution in [2.75, 3.05) is 0 Å². The Balaban J connectivity index is 3.25. The summed E-state index contributed by atoms with van der Waals surface area (Å²) in [5.41, 5.74) is 0.639. The zero-order valence-electron chi connectivity index (χ0n) is 5.44. The summed E-state index contributed by atoms with van der Waals surface area (Å²) in [6, 6.07) is 3.47. The molecule has 0 saturated heterocycles. The second-order valence-electron chi connectivity index (χ2n) is 1.99. The lowest BCUT2D eigenvalue weighted by atomic mass is 10.2. The third kappa shape index (κ3) is 1.88. The van der Waals surface area contributed by atoms with E-state index in [0.29, 0.717) is 15.6 Å². The van der Waals surface area contributed by atoms with Crippen molar-refractivity contribution >= 4 is 39.1 Å². The van der Waals surface area contributed by atoms with Crippen molar-refractivity contribution in [2.24, 2.45) is 0 Å². The Kier molecular flexibility index (Phi) is 3.19. The van der Waals surface area contributed by atoms with E-state index in [1.807, 2.05) is 0 Å². The van der Waals surface area contributed by atoms with E-state index in [2.05, 4.69) is 15.9 Å². The fraction of sp³-hybridized carbons (Fsp3) is 0.143. The van der Waals surface area contributed by atoms with Crippen LogP contribution in [-0.2, 0) is 6.61 Å². The van der Waals surface area contributed by atoms with E-state index < -0.39 is 0 Å². The molecule has 1 nitrogen and oxygen atoms in total. The highest BCUT2D eigenvalue weighted by atomic mass is 79.9. The number of hydrogen-bond acceptors (Lipinski definition) is 1. The van der Waals surface area contributed by atoms with Gasteiger partial charge in [-0.05, 0) is 27.6 Å². The molecule has 0 spiro atoms. The summed E-state index contributed by atoms with van der Waals surface area (Å²) in [5, 5.41) is 9.62. The van der Waals surface area contributed by atoms with Gasteiger partial charge >= 0.3 is 0 Å². The number of aliphatic hydroxyl groups is 1. The fourth-order valence-electron chi connectivity index (χ4n) is 0.688. The van der Waals surface area contributed by atoms with Gasteiger partial charge in [0.1, 0.15) is 0 Å². The van der Waals surface area contributed by atoms with Gasteiger partial charge in [-0.2, -0.15) is 0 Å². The average molecular weight is 256 g/mol. The maximum absolute atomic E-state index is 8.78. The molecule has 60 valence electrons. The van der Waals surface area contributed by atoms with Crippen molar-refractivity contribution in [2.45, 2.75) is 6.61 Å². The summed E-state index contributed by atoms with van der Waals surface area (Å²) in [6.07, 6.45) is 0. The molecule has 0 saturated carbocycles. The molecule has 1 rings (SSSR count). The van der Waals surface area contributed by atoms with Crippen molar-refractivity contribution in [3.63, 3.8) is 0 Å². The normalized spacial score (nSPS) is 10.2. The molecule has 0 heterocycles. The number of benzene rings is 1. The van der Waals surface area contributed by atoms with Crippen LogP contribution in [0.25, 0.3) is 0 Å². The highest BCUT2D eigenvalue weighted by molar-refractivity contribution is 9.10. The first-order valence-electron chi connectivity index (χ1n) is 2.90. The zero-order chi connectivity index (χ0) is 8.43. The Morgan fingerprint density at radius 1 is 1.27 bits per heavy atom. The first-order valence-corrected chi connectivity index (χ1v) is 4.45. The van der Waals surface area contributed by atoms with Crippen molar-refractivity contribution < 1.29 is 5.11 Å². The first-order chi connectivity index (χ1) is 5.16. The van der Waals surface area contributed by atoms with Crippen LogP contribution in [0.4, 0.5) is 0 Å². The van der Waals surface area contributed by atoms with E-state index in [0.717, 1.165) is 4.47 Å². The van der Waals surface area contributed by atoms with E-state index in [1.165, 1.54) is 0 Å². The van der Waals surface area contributed by atoms with Crippen LogP contribution in [0.1, 0.15) is 5.56 Å².